The van der Waals surface area contributed by atoms with Crippen LogP contribution in [0.15, 0.2) is 4.52 Å². The first-order chi connectivity index (χ1) is 6.96. The molecule has 0 aromatic carbocycles. The predicted molar refractivity (Wildman–Crippen MR) is 46.0 cm³/mol. The largest absolute Gasteiger partial charge is 0.401 e. The summed E-state index contributed by atoms with van der Waals surface area (Å²) in [7, 11) is 0. The molecule has 0 unspecified atom stereocenters. The molecular weight excluding hydrogens is 211 g/mol. The zero-order chi connectivity index (χ0) is 11.1. The Morgan fingerprint density at radius 3 is 2.87 bits per heavy atom. The number of aromatic nitrogens is 1. The van der Waals surface area contributed by atoms with Crippen LogP contribution in [0.2, 0.25) is 0 Å². The van der Waals surface area contributed by atoms with Gasteiger partial charge in [0.05, 0.1) is 17.8 Å². The Bertz CT molecular complexity index is 361. The molecule has 0 spiro atoms. The van der Waals surface area contributed by atoms with Crippen LogP contribution in [0.25, 0.3) is 0 Å². The van der Waals surface area contributed by atoms with Crippen LogP contribution >= 0.6 is 0 Å². The number of hydrogen-bond acceptors (Lipinski definition) is 4. The molecule has 2 rings (SSSR count). The maximum absolute atomic E-state index is 12.1. The standard InChI is InChI=1S/C8H10F3N3O/c9-8(10,11)4-14-2-1-6-5(3-14)7(12)15-13-6/h1-4,12H2. The highest BCUT2D eigenvalue weighted by atomic mass is 19.4. The van der Waals surface area contributed by atoms with E-state index in [0.29, 0.717) is 24.2 Å². The molecule has 1 aliphatic heterocycles. The molecule has 0 fully saturated rings. The third-order valence-electron chi connectivity index (χ3n) is 2.35. The Kier molecular flexibility index (Phi) is 2.34. The number of alkyl halides is 3. The molecule has 2 heterocycles. The molecule has 7 heteroatoms. The molecule has 1 aliphatic rings. The molecule has 0 atom stereocenters. The molecule has 0 amide bonds. The van der Waals surface area contributed by atoms with Gasteiger partial charge in [-0.15, -0.1) is 0 Å². The van der Waals surface area contributed by atoms with E-state index in [1.165, 1.54) is 4.90 Å². The van der Waals surface area contributed by atoms with Crippen molar-refractivity contribution in [3.8, 4) is 0 Å². The fourth-order valence-electron chi connectivity index (χ4n) is 1.68. The summed E-state index contributed by atoms with van der Waals surface area (Å²) in [5, 5.41) is 3.68. The fourth-order valence-corrected chi connectivity index (χ4v) is 1.68. The van der Waals surface area contributed by atoms with Crippen LogP contribution in [0.5, 0.6) is 0 Å². The lowest BCUT2D eigenvalue weighted by Crippen LogP contribution is -2.37. The maximum Gasteiger partial charge on any atom is 0.401 e. The Balaban J connectivity index is 2.08. The highest BCUT2D eigenvalue weighted by Gasteiger charge is 2.33. The van der Waals surface area contributed by atoms with E-state index in [0.717, 1.165) is 0 Å². The second-order valence-electron chi connectivity index (χ2n) is 3.55. The van der Waals surface area contributed by atoms with Gasteiger partial charge in [-0.25, -0.2) is 0 Å². The van der Waals surface area contributed by atoms with Crippen LogP contribution in [0, 0.1) is 0 Å². The summed E-state index contributed by atoms with van der Waals surface area (Å²) in [5.74, 6) is 0.122. The molecule has 1 aromatic heterocycles. The molecule has 1 aromatic rings. The SMILES string of the molecule is Nc1onc2c1CN(CC(F)(F)F)CC2. The van der Waals surface area contributed by atoms with E-state index in [1.807, 2.05) is 0 Å². The Labute approximate surface area is 83.8 Å². The van der Waals surface area contributed by atoms with E-state index >= 15 is 0 Å². The minimum Gasteiger partial charge on any atom is -0.367 e. The van der Waals surface area contributed by atoms with E-state index in [9.17, 15) is 13.2 Å². The van der Waals surface area contributed by atoms with Crippen molar-refractivity contribution in [1.29, 1.82) is 0 Å². The maximum atomic E-state index is 12.1. The van der Waals surface area contributed by atoms with Gasteiger partial charge in [-0.1, -0.05) is 5.16 Å². The second kappa shape index (κ2) is 3.41. The van der Waals surface area contributed by atoms with Gasteiger partial charge in [0, 0.05) is 19.5 Å². The van der Waals surface area contributed by atoms with Crippen molar-refractivity contribution in [3.05, 3.63) is 11.3 Å². The van der Waals surface area contributed by atoms with Crippen molar-refractivity contribution >= 4 is 5.88 Å². The van der Waals surface area contributed by atoms with Gasteiger partial charge >= 0.3 is 6.18 Å². The average Bonchev–Trinajstić information content (AvgIpc) is 2.45. The number of nitrogen functional groups attached to an aromatic ring is 1. The van der Waals surface area contributed by atoms with Gasteiger partial charge < -0.3 is 10.3 Å². The predicted octanol–water partition coefficient (Wildman–Crippen LogP) is 1.18. The first-order valence-corrected chi connectivity index (χ1v) is 4.48. The van der Waals surface area contributed by atoms with Gasteiger partial charge in [-0.2, -0.15) is 13.2 Å². The third kappa shape index (κ3) is 2.23. The van der Waals surface area contributed by atoms with E-state index in [4.69, 9.17) is 10.3 Å². The molecule has 0 bridgehead atoms. The van der Waals surface area contributed by atoms with Gasteiger partial charge in [-0.05, 0) is 0 Å². The number of hydrogen-bond donors (Lipinski definition) is 1. The normalized spacial score (nSPS) is 17.8. The first-order valence-electron chi connectivity index (χ1n) is 4.48. The lowest BCUT2D eigenvalue weighted by atomic mass is 10.1. The fraction of sp³-hybridized carbons (Fsp3) is 0.625. The molecular formula is C8H10F3N3O. The topological polar surface area (TPSA) is 55.3 Å². The van der Waals surface area contributed by atoms with Crippen molar-refractivity contribution in [1.82, 2.24) is 10.1 Å². The minimum absolute atomic E-state index is 0.122. The van der Waals surface area contributed by atoms with E-state index in [-0.39, 0.29) is 12.4 Å². The zero-order valence-corrected chi connectivity index (χ0v) is 7.84. The molecule has 0 saturated heterocycles. The molecule has 0 saturated carbocycles. The molecule has 15 heavy (non-hydrogen) atoms. The molecule has 0 aliphatic carbocycles. The van der Waals surface area contributed by atoms with Crippen molar-refractivity contribution in [3.63, 3.8) is 0 Å². The molecule has 2 N–H and O–H groups in total. The van der Waals surface area contributed by atoms with Gasteiger partial charge in [0.15, 0.2) is 0 Å². The average molecular weight is 221 g/mol. The van der Waals surface area contributed by atoms with Gasteiger partial charge in [0.25, 0.3) is 0 Å². The highest BCUT2D eigenvalue weighted by molar-refractivity contribution is 5.40. The lowest BCUT2D eigenvalue weighted by molar-refractivity contribution is -0.147. The van der Waals surface area contributed by atoms with Crippen LogP contribution in [0.3, 0.4) is 0 Å². The van der Waals surface area contributed by atoms with Crippen molar-refractivity contribution in [2.75, 3.05) is 18.8 Å². The number of anilines is 1. The Morgan fingerprint density at radius 1 is 1.47 bits per heavy atom. The van der Waals surface area contributed by atoms with Crippen LogP contribution in [-0.2, 0) is 13.0 Å². The van der Waals surface area contributed by atoms with E-state index in [2.05, 4.69) is 5.16 Å². The molecule has 4 nitrogen and oxygen atoms in total. The molecule has 84 valence electrons. The first kappa shape index (κ1) is 10.3. The number of fused-ring (bicyclic) bond motifs is 1. The summed E-state index contributed by atoms with van der Waals surface area (Å²) >= 11 is 0. The minimum atomic E-state index is -4.18. The van der Waals surface area contributed by atoms with Gasteiger partial charge in [-0.3, -0.25) is 4.90 Å². The van der Waals surface area contributed by atoms with Crippen molar-refractivity contribution in [2.45, 2.75) is 19.1 Å². The van der Waals surface area contributed by atoms with Gasteiger partial charge in [0.2, 0.25) is 5.88 Å². The van der Waals surface area contributed by atoms with Crippen LogP contribution in [-0.4, -0.2) is 29.3 Å². The third-order valence-corrected chi connectivity index (χ3v) is 2.35. The second-order valence-corrected chi connectivity index (χ2v) is 3.55. The Hall–Kier alpha value is -1.24. The lowest BCUT2D eigenvalue weighted by Gasteiger charge is -2.26. The Morgan fingerprint density at radius 2 is 2.20 bits per heavy atom. The monoisotopic (exact) mass is 221 g/mol. The number of nitrogens with zero attached hydrogens (tertiary/aromatic N) is 2. The van der Waals surface area contributed by atoms with Gasteiger partial charge in [0.1, 0.15) is 0 Å². The molecule has 0 radical (unpaired) electrons. The summed E-state index contributed by atoms with van der Waals surface area (Å²) in [5.41, 5.74) is 6.71. The van der Waals surface area contributed by atoms with Crippen LogP contribution < -0.4 is 5.73 Å². The smallest absolute Gasteiger partial charge is 0.367 e. The summed E-state index contributed by atoms with van der Waals surface area (Å²) in [6.07, 6.45) is -3.73. The number of nitrogens with two attached hydrogens (primary N) is 1. The van der Waals surface area contributed by atoms with Crippen molar-refractivity contribution < 1.29 is 17.7 Å². The summed E-state index contributed by atoms with van der Waals surface area (Å²) in [6, 6.07) is 0. The summed E-state index contributed by atoms with van der Waals surface area (Å²) in [6.45, 7) is -0.431. The summed E-state index contributed by atoms with van der Waals surface area (Å²) < 4.78 is 41.1. The number of rotatable bonds is 1. The van der Waals surface area contributed by atoms with Crippen molar-refractivity contribution in [2.24, 2.45) is 0 Å². The van der Waals surface area contributed by atoms with E-state index < -0.39 is 12.7 Å². The van der Waals surface area contributed by atoms with Crippen LogP contribution in [0.1, 0.15) is 11.3 Å². The quantitative estimate of drug-likeness (QED) is 0.773. The number of halogens is 3. The van der Waals surface area contributed by atoms with E-state index in [1.54, 1.807) is 0 Å². The van der Waals surface area contributed by atoms with Crippen LogP contribution in [0.4, 0.5) is 19.1 Å². The highest BCUT2D eigenvalue weighted by Crippen LogP contribution is 2.26. The summed E-state index contributed by atoms with van der Waals surface area (Å²) in [4.78, 5) is 1.29. The zero-order valence-electron chi connectivity index (χ0n) is 7.84.